The number of halogens is 1. The van der Waals surface area contributed by atoms with Crippen LogP contribution in [-0.2, 0) is 4.79 Å². The maximum absolute atomic E-state index is 12.3. The Labute approximate surface area is 139 Å². The fourth-order valence-corrected chi connectivity index (χ4v) is 3.17. The number of amides is 1. The van der Waals surface area contributed by atoms with E-state index >= 15 is 0 Å². The molecular formula is C17H17ClN2O3. The Kier molecular flexibility index (Phi) is 4.73. The Bertz CT molecular complexity index is 688. The third-order valence-corrected chi connectivity index (χ3v) is 4.35. The number of carbonyl (C=O) groups excluding carboxylic acids is 1. The smallest absolute Gasteiger partial charge is 0.262 e. The number of nitrogens with one attached hydrogen (secondary N) is 1. The second-order valence-electron chi connectivity index (χ2n) is 5.71. The highest BCUT2D eigenvalue weighted by Crippen LogP contribution is 2.40. The molecule has 120 valence electrons. The number of ether oxygens (including phenoxy) is 2. The van der Waals surface area contributed by atoms with Crippen molar-refractivity contribution in [2.45, 2.75) is 38.1 Å². The van der Waals surface area contributed by atoms with Crippen LogP contribution in [0.4, 0.5) is 0 Å². The van der Waals surface area contributed by atoms with Crippen molar-refractivity contribution in [2.24, 2.45) is 0 Å². The number of nitrogens with zero attached hydrogens (tertiary/aromatic N) is 1. The molecule has 1 fully saturated rings. The highest BCUT2D eigenvalue weighted by atomic mass is 35.5. The van der Waals surface area contributed by atoms with E-state index in [0.29, 0.717) is 22.1 Å². The van der Waals surface area contributed by atoms with Gasteiger partial charge in [0.25, 0.3) is 5.91 Å². The predicted octanol–water partition coefficient (Wildman–Crippen LogP) is 3.42. The van der Waals surface area contributed by atoms with E-state index in [4.69, 9.17) is 21.1 Å². The van der Waals surface area contributed by atoms with Gasteiger partial charge in [0.05, 0.1) is 5.02 Å². The molecule has 1 aromatic carbocycles. The molecule has 5 nitrogen and oxygen atoms in total. The van der Waals surface area contributed by atoms with Crippen molar-refractivity contribution >= 4 is 23.6 Å². The van der Waals surface area contributed by atoms with E-state index < -0.39 is 0 Å². The summed E-state index contributed by atoms with van der Waals surface area (Å²) in [6.45, 7) is 0.121. The van der Waals surface area contributed by atoms with Gasteiger partial charge in [-0.25, -0.2) is 0 Å². The summed E-state index contributed by atoms with van der Waals surface area (Å²) in [5, 5.41) is 12.6. The summed E-state index contributed by atoms with van der Waals surface area (Å²) in [5.41, 5.74) is 0.695. The molecule has 1 saturated carbocycles. The van der Waals surface area contributed by atoms with Crippen LogP contribution in [0.1, 0.15) is 37.7 Å². The first-order chi connectivity index (χ1) is 11.2. The number of hydrogen-bond acceptors (Lipinski definition) is 4. The first kappa shape index (κ1) is 15.7. The summed E-state index contributed by atoms with van der Waals surface area (Å²) in [6.07, 6.45) is 6.91. The molecule has 1 amide bonds. The highest BCUT2D eigenvalue weighted by molar-refractivity contribution is 6.32. The van der Waals surface area contributed by atoms with Crippen LogP contribution in [0.3, 0.4) is 0 Å². The van der Waals surface area contributed by atoms with Gasteiger partial charge >= 0.3 is 0 Å². The Morgan fingerprint density at radius 1 is 1.30 bits per heavy atom. The van der Waals surface area contributed by atoms with Crippen LogP contribution in [-0.4, -0.2) is 18.7 Å². The first-order valence-corrected chi connectivity index (χ1v) is 8.07. The van der Waals surface area contributed by atoms with Gasteiger partial charge in [-0.3, -0.25) is 4.79 Å². The Hall–Kier alpha value is -2.19. The van der Waals surface area contributed by atoms with Gasteiger partial charge in [-0.15, -0.1) is 0 Å². The van der Waals surface area contributed by atoms with Gasteiger partial charge in [0.1, 0.15) is 11.6 Å². The monoisotopic (exact) mass is 332 g/mol. The van der Waals surface area contributed by atoms with Crippen LogP contribution in [0.25, 0.3) is 6.08 Å². The number of carbonyl (C=O) groups is 1. The quantitative estimate of drug-likeness (QED) is 0.680. The lowest BCUT2D eigenvalue weighted by molar-refractivity contribution is -0.117. The van der Waals surface area contributed by atoms with Crippen LogP contribution in [0, 0.1) is 11.3 Å². The molecule has 0 unspecified atom stereocenters. The van der Waals surface area contributed by atoms with Gasteiger partial charge in [-0.2, -0.15) is 5.26 Å². The van der Waals surface area contributed by atoms with Crippen molar-refractivity contribution in [1.82, 2.24) is 5.32 Å². The van der Waals surface area contributed by atoms with Gasteiger partial charge < -0.3 is 14.8 Å². The van der Waals surface area contributed by atoms with Gasteiger partial charge in [0.2, 0.25) is 6.79 Å². The van der Waals surface area contributed by atoms with Crippen molar-refractivity contribution in [3.8, 4) is 17.6 Å². The molecule has 0 atom stereocenters. The Morgan fingerprint density at radius 2 is 2.09 bits per heavy atom. The molecule has 1 aliphatic heterocycles. The molecule has 0 aromatic heterocycles. The maximum atomic E-state index is 12.3. The molecule has 0 saturated heterocycles. The van der Waals surface area contributed by atoms with Gasteiger partial charge in [-0.1, -0.05) is 30.9 Å². The number of hydrogen-bond donors (Lipinski definition) is 1. The van der Waals surface area contributed by atoms with Crippen molar-refractivity contribution in [2.75, 3.05) is 6.79 Å². The average molecular weight is 333 g/mol. The van der Waals surface area contributed by atoms with E-state index in [2.05, 4.69) is 5.32 Å². The second kappa shape index (κ2) is 6.93. The van der Waals surface area contributed by atoms with E-state index in [0.717, 1.165) is 25.7 Å². The summed E-state index contributed by atoms with van der Waals surface area (Å²) in [5.74, 6) is 0.677. The fourth-order valence-electron chi connectivity index (χ4n) is 2.90. The molecule has 6 heteroatoms. The number of nitriles is 1. The predicted molar refractivity (Wildman–Crippen MR) is 86.2 cm³/mol. The fraction of sp³-hybridized carbons (Fsp3) is 0.412. The number of benzene rings is 1. The van der Waals surface area contributed by atoms with Crippen LogP contribution < -0.4 is 14.8 Å². The lowest BCUT2D eigenvalue weighted by Gasteiger charge is -2.22. The maximum Gasteiger partial charge on any atom is 0.262 e. The minimum Gasteiger partial charge on any atom is -0.454 e. The van der Waals surface area contributed by atoms with Crippen molar-refractivity contribution < 1.29 is 14.3 Å². The molecule has 0 spiro atoms. The minimum absolute atomic E-state index is 0.0607. The summed E-state index contributed by atoms with van der Waals surface area (Å²) in [7, 11) is 0. The molecule has 1 N–H and O–H groups in total. The summed E-state index contributed by atoms with van der Waals surface area (Å²) in [6, 6.07) is 5.48. The highest BCUT2D eigenvalue weighted by Gasteiger charge is 2.20. The van der Waals surface area contributed by atoms with E-state index in [1.54, 1.807) is 12.1 Å². The molecule has 1 heterocycles. The molecule has 0 radical (unpaired) electrons. The number of rotatable bonds is 3. The van der Waals surface area contributed by atoms with Crippen molar-refractivity contribution in [3.63, 3.8) is 0 Å². The third kappa shape index (κ3) is 3.59. The number of fused-ring (bicyclic) bond motifs is 1. The molecule has 1 aromatic rings. The zero-order valence-corrected chi connectivity index (χ0v) is 13.4. The minimum atomic E-state index is -0.340. The largest absolute Gasteiger partial charge is 0.454 e. The molecule has 1 aliphatic carbocycles. The molecule has 2 aliphatic rings. The SMILES string of the molecule is N#C/C(=C\c1cc(Cl)c2c(c1)OCO2)C(=O)NC1CCCCC1. The van der Waals surface area contributed by atoms with Crippen LogP contribution in [0.15, 0.2) is 17.7 Å². The van der Waals surface area contributed by atoms with Gasteiger partial charge in [0, 0.05) is 6.04 Å². The van der Waals surface area contributed by atoms with Crippen molar-refractivity contribution in [1.29, 1.82) is 5.26 Å². The van der Waals surface area contributed by atoms with E-state index in [1.807, 2.05) is 6.07 Å². The van der Waals surface area contributed by atoms with Crippen molar-refractivity contribution in [3.05, 3.63) is 28.3 Å². The first-order valence-electron chi connectivity index (χ1n) is 7.69. The zero-order chi connectivity index (χ0) is 16.2. The summed E-state index contributed by atoms with van der Waals surface area (Å²) in [4.78, 5) is 12.3. The third-order valence-electron chi connectivity index (χ3n) is 4.07. The standard InChI is InChI=1S/C17H17ClN2O3/c18-14-7-11(8-15-16(14)23-10-22-15)6-12(9-19)17(21)20-13-4-2-1-3-5-13/h6-8,13H,1-5,10H2,(H,20,21)/b12-6+. The van der Waals surface area contributed by atoms with E-state index in [-0.39, 0.29) is 24.3 Å². The second-order valence-corrected chi connectivity index (χ2v) is 6.12. The van der Waals surface area contributed by atoms with E-state index in [1.165, 1.54) is 12.5 Å². The molecule has 23 heavy (non-hydrogen) atoms. The normalized spacial score (nSPS) is 17.7. The summed E-state index contributed by atoms with van der Waals surface area (Å²) < 4.78 is 10.5. The molecular weight excluding hydrogens is 316 g/mol. The van der Waals surface area contributed by atoms with Crippen LogP contribution in [0.2, 0.25) is 5.02 Å². The van der Waals surface area contributed by atoms with E-state index in [9.17, 15) is 10.1 Å². The van der Waals surface area contributed by atoms with Crippen LogP contribution in [0.5, 0.6) is 11.5 Å². The average Bonchev–Trinajstić information content (AvgIpc) is 3.02. The lowest BCUT2D eigenvalue weighted by Crippen LogP contribution is -2.36. The van der Waals surface area contributed by atoms with Gasteiger partial charge in [-0.05, 0) is 36.6 Å². The van der Waals surface area contributed by atoms with Crippen LogP contribution >= 0.6 is 11.6 Å². The topological polar surface area (TPSA) is 71.3 Å². The Balaban J connectivity index is 1.77. The molecule has 3 rings (SSSR count). The Morgan fingerprint density at radius 3 is 2.83 bits per heavy atom. The summed E-state index contributed by atoms with van der Waals surface area (Å²) >= 11 is 6.12. The molecule has 0 bridgehead atoms. The van der Waals surface area contributed by atoms with Gasteiger partial charge in [0.15, 0.2) is 11.5 Å². The lowest BCUT2D eigenvalue weighted by atomic mass is 9.95. The zero-order valence-electron chi connectivity index (χ0n) is 12.6.